The highest BCUT2D eigenvalue weighted by atomic mass is 16.4. The number of para-hydroxylation sites is 2. The first-order valence-corrected chi connectivity index (χ1v) is 7.60. The number of carboxylic acids is 1. The maximum Gasteiger partial charge on any atom is 0.317 e. The van der Waals surface area contributed by atoms with Crippen LogP contribution >= 0.6 is 0 Å². The zero-order valence-corrected chi connectivity index (χ0v) is 12.6. The van der Waals surface area contributed by atoms with Crippen molar-refractivity contribution in [2.24, 2.45) is 0 Å². The van der Waals surface area contributed by atoms with Crippen LogP contribution in [0, 0.1) is 0 Å². The second-order valence-corrected chi connectivity index (χ2v) is 5.67. The molecule has 3 rings (SSSR count). The van der Waals surface area contributed by atoms with E-state index in [1.165, 1.54) is 0 Å². The Bertz CT molecular complexity index is 670. The minimum Gasteiger partial charge on any atom is -0.480 e. The number of anilines is 1. The lowest BCUT2D eigenvalue weighted by Gasteiger charge is -2.42. The van der Waals surface area contributed by atoms with E-state index in [-0.39, 0.29) is 6.54 Å². The van der Waals surface area contributed by atoms with Crippen molar-refractivity contribution < 1.29 is 9.90 Å². The summed E-state index contributed by atoms with van der Waals surface area (Å²) in [6.07, 6.45) is 3.63. The van der Waals surface area contributed by atoms with Crippen molar-refractivity contribution in [3.8, 4) is 0 Å². The molecule has 0 aliphatic heterocycles. The lowest BCUT2D eigenvalue weighted by molar-refractivity contribution is -0.139. The summed E-state index contributed by atoms with van der Waals surface area (Å²) in [5.74, 6) is 0.0158. The van der Waals surface area contributed by atoms with Gasteiger partial charge >= 0.3 is 5.97 Å². The summed E-state index contributed by atoms with van der Waals surface area (Å²) in [5, 5.41) is 12.3. The molecule has 0 radical (unpaired) electrons. The van der Waals surface area contributed by atoms with Crippen LogP contribution in [0.15, 0.2) is 30.5 Å². The quantitative estimate of drug-likeness (QED) is 0.849. The van der Waals surface area contributed by atoms with Gasteiger partial charge in [-0.15, -0.1) is 0 Å². The van der Waals surface area contributed by atoms with E-state index in [0.29, 0.717) is 12.1 Å². The van der Waals surface area contributed by atoms with Gasteiger partial charge in [-0.2, -0.15) is 0 Å². The molecule has 6 nitrogen and oxygen atoms in total. The van der Waals surface area contributed by atoms with Gasteiger partial charge < -0.3 is 10.4 Å². The van der Waals surface area contributed by atoms with Crippen LogP contribution in [-0.2, 0) is 4.79 Å². The van der Waals surface area contributed by atoms with Crippen molar-refractivity contribution in [2.45, 2.75) is 31.8 Å². The monoisotopic (exact) mass is 300 g/mol. The Labute approximate surface area is 129 Å². The van der Waals surface area contributed by atoms with Gasteiger partial charge in [0.15, 0.2) is 0 Å². The number of hydrogen-bond donors (Lipinski definition) is 2. The van der Waals surface area contributed by atoms with Gasteiger partial charge in [0.2, 0.25) is 0 Å². The summed E-state index contributed by atoms with van der Waals surface area (Å²) >= 11 is 0. The number of benzene rings is 1. The van der Waals surface area contributed by atoms with E-state index in [1.807, 2.05) is 36.1 Å². The average Bonchev–Trinajstić information content (AvgIpc) is 2.48. The molecule has 1 aliphatic carbocycles. The normalized spacial score (nSPS) is 20.8. The molecule has 1 aromatic carbocycles. The van der Waals surface area contributed by atoms with Crippen molar-refractivity contribution in [2.75, 3.05) is 18.4 Å². The Balaban J connectivity index is 1.57. The Kier molecular flexibility index (Phi) is 4.20. The summed E-state index contributed by atoms with van der Waals surface area (Å²) in [6.45, 7) is 2.88. The summed E-state index contributed by atoms with van der Waals surface area (Å²) < 4.78 is 0. The third-order valence-corrected chi connectivity index (χ3v) is 4.17. The van der Waals surface area contributed by atoms with Crippen LogP contribution in [0.3, 0.4) is 0 Å². The SMILES string of the molecule is CCN(CC(=O)O)C1CC(Nc2cnc3ccccc3n2)C1. The van der Waals surface area contributed by atoms with Gasteiger partial charge in [-0.25, -0.2) is 4.98 Å². The number of rotatable bonds is 6. The summed E-state index contributed by atoms with van der Waals surface area (Å²) in [6, 6.07) is 8.46. The van der Waals surface area contributed by atoms with Crippen molar-refractivity contribution >= 4 is 22.8 Å². The highest BCUT2D eigenvalue weighted by molar-refractivity contribution is 5.75. The first-order chi connectivity index (χ1) is 10.7. The van der Waals surface area contributed by atoms with E-state index in [9.17, 15) is 4.79 Å². The Morgan fingerprint density at radius 2 is 2.09 bits per heavy atom. The van der Waals surface area contributed by atoms with Crippen LogP contribution < -0.4 is 5.32 Å². The van der Waals surface area contributed by atoms with Gasteiger partial charge in [0.1, 0.15) is 5.82 Å². The molecular formula is C16H20N4O2. The van der Waals surface area contributed by atoms with Gasteiger partial charge in [0.05, 0.1) is 23.8 Å². The molecule has 0 saturated heterocycles. The highest BCUT2D eigenvalue weighted by Gasteiger charge is 2.33. The lowest BCUT2D eigenvalue weighted by Crippen LogP contribution is -2.51. The molecule has 6 heteroatoms. The third-order valence-electron chi connectivity index (χ3n) is 4.17. The van der Waals surface area contributed by atoms with E-state index in [0.717, 1.165) is 36.2 Å². The largest absolute Gasteiger partial charge is 0.480 e. The summed E-state index contributed by atoms with van der Waals surface area (Å²) in [5.41, 5.74) is 1.77. The van der Waals surface area contributed by atoms with Crippen molar-refractivity contribution in [3.05, 3.63) is 30.5 Å². The summed E-state index contributed by atoms with van der Waals surface area (Å²) in [4.78, 5) is 21.8. The zero-order chi connectivity index (χ0) is 15.5. The molecule has 0 unspecified atom stereocenters. The molecule has 1 heterocycles. The lowest BCUT2D eigenvalue weighted by atomic mass is 9.85. The maximum atomic E-state index is 10.8. The molecule has 1 fully saturated rings. The molecular weight excluding hydrogens is 280 g/mol. The van der Waals surface area contributed by atoms with E-state index in [4.69, 9.17) is 5.11 Å². The number of fused-ring (bicyclic) bond motifs is 1. The molecule has 2 aromatic rings. The number of hydrogen-bond acceptors (Lipinski definition) is 5. The molecule has 0 amide bonds. The molecule has 1 aromatic heterocycles. The number of likely N-dealkylation sites (N-methyl/N-ethyl adjacent to an activating group) is 1. The molecule has 0 bridgehead atoms. The second kappa shape index (κ2) is 6.27. The van der Waals surface area contributed by atoms with E-state index in [2.05, 4.69) is 15.3 Å². The molecule has 2 N–H and O–H groups in total. The molecule has 0 spiro atoms. The number of nitrogens with one attached hydrogen (secondary N) is 1. The Hall–Kier alpha value is -2.21. The standard InChI is InChI=1S/C16H20N4O2/c1-2-20(10-16(21)22)12-7-11(8-12)18-15-9-17-13-5-3-4-6-14(13)19-15/h3-6,9,11-12H,2,7-8,10H2,1H3,(H,18,19)(H,21,22). The van der Waals surface area contributed by atoms with Crippen LogP contribution in [0.5, 0.6) is 0 Å². The predicted octanol–water partition coefficient (Wildman–Crippen LogP) is 1.98. The van der Waals surface area contributed by atoms with E-state index >= 15 is 0 Å². The van der Waals surface area contributed by atoms with E-state index in [1.54, 1.807) is 6.20 Å². The smallest absolute Gasteiger partial charge is 0.317 e. The van der Waals surface area contributed by atoms with Crippen molar-refractivity contribution in [1.82, 2.24) is 14.9 Å². The van der Waals surface area contributed by atoms with Crippen LogP contribution in [-0.4, -0.2) is 51.1 Å². The fourth-order valence-corrected chi connectivity index (χ4v) is 2.91. The molecule has 116 valence electrons. The first kappa shape index (κ1) is 14.7. The third kappa shape index (κ3) is 3.17. The number of aliphatic carboxylic acids is 1. The topological polar surface area (TPSA) is 78.4 Å². The number of carbonyl (C=O) groups is 1. The fraction of sp³-hybridized carbons (Fsp3) is 0.438. The minimum absolute atomic E-state index is 0.115. The Morgan fingerprint density at radius 3 is 2.77 bits per heavy atom. The van der Waals surface area contributed by atoms with Gasteiger partial charge in [-0.1, -0.05) is 19.1 Å². The predicted molar refractivity (Wildman–Crippen MR) is 84.9 cm³/mol. The van der Waals surface area contributed by atoms with Gasteiger partial charge in [0, 0.05) is 12.1 Å². The average molecular weight is 300 g/mol. The zero-order valence-electron chi connectivity index (χ0n) is 12.6. The molecule has 1 aliphatic rings. The van der Waals surface area contributed by atoms with Crippen LogP contribution in [0.2, 0.25) is 0 Å². The number of aromatic nitrogens is 2. The van der Waals surface area contributed by atoms with Gasteiger partial charge in [-0.3, -0.25) is 14.7 Å². The Morgan fingerprint density at radius 1 is 1.36 bits per heavy atom. The van der Waals surface area contributed by atoms with E-state index < -0.39 is 5.97 Å². The number of nitrogens with zero attached hydrogens (tertiary/aromatic N) is 3. The van der Waals surface area contributed by atoms with Crippen LogP contribution in [0.4, 0.5) is 5.82 Å². The second-order valence-electron chi connectivity index (χ2n) is 5.67. The van der Waals surface area contributed by atoms with Crippen molar-refractivity contribution in [3.63, 3.8) is 0 Å². The maximum absolute atomic E-state index is 10.8. The molecule has 0 atom stereocenters. The fourth-order valence-electron chi connectivity index (χ4n) is 2.91. The van der Waals surface area contributed by atoms with Crippen LogP contribution in [0.1, 0.15) is 19.8 Å². The summed E-state index contributed by atoms with van der Waals surface area (Å²) in [7, 11) is 0. The molecule has 22 heavy (non-hydrogen) atoms. The highest BCUT2D eigenvalue weighted by Crippen LogP contribution is 2.28. The van der Waals surface area contributed by atoms with Crippen molar-refractivity contribution in [1.29, 1.82) is 0 Å². The minimum atomic E-state index is -0.765. The van der Waals surface area contributed by atoms with Crippen LogP contribution in [0.25, 0.3) is 11.0 Å². The van der Waals surface area contributed by atoms with Gasteiger partial charge in [-0.05, 0) is 31.5 Å². The molecule has 1 saturated carbocycles. The first-order valence-electron chi connectivity index (χ1n) is 7.60. The van der Waals surface area contributed by atoms with Gasteiger partial charge in [0.25, 0.3) is 0 Å². The number of carboxylic acid groups (broad SMARTS) is 1.